The van der Waals surface area contributed by atoms with Crippen LogP contribution in [-0.2, 0) is 18.3 Å². The van der Waals surface area contributed by atoms with E-state index in [4.69, 9.17) is 13.8 Å². The van der Waals surface area contributed by atoms with E-state index in [9.17, 15) is 14.6 Å². The molecule has 0 heterocycles. The predicted molar refractivity (Wildman–Crippen MR) is 129 cm³/mol. The maximum absolute atomic E-state index is 11.7. The molecule has 0 aliphatic heterocycles. The van der Waals surface area contributed by atoms with Crippen molar-refractivity contribution < 1.29 is 32.8 Å². The molecule has 0 aromatic carbocycles. The third kappa shape index (κ3) is 24.4. The predicted octanol–water partition coefficient (Wildman–Crippen LogP) is 4.83. The summed E-state index contributed by atoms with van der Waals surface area (Å²) in [6.45, 7) is 2.99. The van der Waals surface area contributed by atoms with E-state index >= 15 is 0 Å². The third-order valence-electron chi connectivity index (χ3n) is 5.07. The maximum atomic E-state index is 11.7. The van der Waals surface area contributed by atoms with Crippen molar-refractivity contribution in [1.82, 2.24) is 0 Å². The smallest absolute Gasteiger partial charge is 0.268 e. The van der Waals surface area contributed by atoms with Crippen LogP contribution in [0.3, 0.4) is 0 Å². The molecule has 192 valence electrons. The van der Waals surface area contributed by atoms with E-state index in [1.807, 2.05) is 21.1 Å². The molecule has 0 saturated heterocycles. The van der Waals surface area contributed by atoms with Crippen molar-refractivity contribution in [2.45, 2.75) is 90.1 Å². The number of nitrogens with zero attached hydrogens (tertiary/aromatic N) is 1. The van der Waals surface area contributed by atoms with E-state index in [0.29, 0.717) is 17.6 Å². The first-order chi connectivity index (χ1) is 15.2. The van der Waals surface area contributed by atoms with Crippen molar-refractivity contribution in [2.24, 2.45) is 0 Å². The third-order valence-corrected chi connectivity index (χ3v) is 6.03. The highest BCUT2D eigenvalue weighted by atomic mass is 31.2. The summed E-state index contributed by atoms with van der Waals surface area (Å²) in [7, 11) is 1.42. The van der Waals surface area contributed by atoms with Crippen molar-refractivity contribution >= 4 is 7.82 Å². The van der Waals surface area contributed by atoms with Gasteiger partial charge in [-0.05, 0) is 19.3 Å². The number of phosphoric acid groups is 1. The molecule has 0 spiro atoms. The summed E-state index contributed by atoms with van der Waals surface area (Å²) in [5.74, 6) is 0. The number of likely N-dealkylation sites (N-methyl/N-ethyl adjacent to an activating group) is 1. The van der Waals surface area contributed by atoms with E-state index in [0.717, 1.165) is 12.8 Å². The number of phosphoric ester groups is 1. The van der Waals surface area contributed by atoms with E-state index < -0.39 is 13.9 Å². The lowest BCUT2D eigenvalue weighted by Crippen LogP contribution is -2.37. The normalized spacial score (nSPS) is 15.3. The van der Waals surface area contributed by atoms with Gasteiger partial charge in [-0.15, -0.1) is 0 Å². The first-order valence-corrected chi connectivity index (χ1v) is 13.9. The lowest BCUT2D eigenvalue weighted by molar-refractivity contribution is -0.870. The minimum absolute atomic E-state index is 0.0329. The van der Waals surface area contributed by atoms with Crippen molar-refractivity contribution in [2.75, 3.05) is 54.1 Å². The average molecular weight is 480 g/mol. The van der Waals surface area contributed by atoms with Crippen LogP contribution >= 0.6 is 7.82 Å². The molecule has 0 aliphatic rings. The molecular formula is C24H50NO6P. The van der Waals surface area contributed by atoms with E-state index in [-0.39, 0.29) is 19.8 Å². The monoisotopic (exact) mass is 479 g/mol. The van der Waals surface area contributed by atoms with E-state index in [2.05, 4.69) is 19.1 Å². The summed E-state index contributed by atoms with van der Waals surface area (Å²) in [6.07, 6.45) is 18.6. The van der Waals surface area contributed by atoms with Crippen molar-refractivity contribution in [1.29, 1.82) is 0 Å². The summed E-state index contributed by atoms with van der Waals surface area (Å²) < 4.78 is 27.1. The Hall–Kier alpha value is -0.270. The van der Waals surface area contributed by atoms with Crippen LogP contribution in [0.2, 0.25) is 0 Å². The van der Waals surface area contributed by atoms with Crippen LogP contribution in [0.15, 0.2) is 12.2 Å². The molecule has 0 amide bonds. The molecule has 0 saturated carbocycles. The summed E-state index contributed by atoms with van der Waals surface area (Å²) in [5, 5.41) is 9.80. The molecule has 8 heteroatoms. The quantitative estimate of drug-likeness (QED) is 0.0977. The van der Waals surface area contributed by atoms with Gasteiger partial charge in [-0.25, -0.2) is 0 Å². The maximum Gasteiger partial charge on any atom is 0.268 e. The molecule has 2 atom stereocenters. The van der Waals surface area contributed by atoms with E-state index in [1.165, 1.54) is 64.2 Å². The van der Waals surface area contributed by atoms with Crippen molar-refractivity contribution in [3.8, 4) is 0 Å². The number of unbranched alkanes of at least 4 members (excludes halogenated alkanes) is 10. The Balaban J connectivity index is 3.50. The number of rotatable bonds is 23. The van der Waals surface area contributed by atoms with Gasteiger partial charge in [-0.3, -0.25) is 4.57 Å². The topological polar surface area (TPSA) is 88.0 Å². The molecule has 0 rings (SSSR count). The van der Waals surface area contributed by atoms with Gasteiger partial charge in [0.25, 0.3) is 7.82 Å². The highest BCUT2D eigenvalue weighted by Gasteiger charge is 2.15. The highest BCUT2D eigenvalue weighted by molar-refractivity contribution is 7.45. The summed E-state index contributed by atoms with van der Waals surface area (Å²) >= 11 is 0. The van der Waals surface area contributed by atoms with Crippen LogP contribution in [0.1, 0.15) is 84.0 Å². The molecule has 1 N–H and O–H groups in total. The van der Waals surface area contributed by atoms with Crippen LogP contribution in [0.25, 0.3) is 0 Å². The Morgan fingerprint density at radius 3 is 2.00 bits per heavy atom. The first kappa shape index (κ1) is 31.7. The summed E-state index contributed by atoms with van der Waals surface area (Å²) in [4.78, 5) is 11.7. The lowest BCUT2D eigenvalue weighted by Gasteiger charge is -2.27. The second-order valence-electron chi connectivity index (χ2n) is 9.55. The standard InChI is InChI=1S/C24H50NO6P/c1-5-6-7-8-9-10-11-12-13-14-15-16-17-18-20-29-22-24(26)23-31-32(27,28)30-21-19-25(2,3)4/h16-17,24,26H,5-15,18-23H2,1-4H3/t24-/m0/s1. The Morgan fingerprint density at radius 2 is 1.41 bits per heavy atom. The number of ether oxygens (including phenoxy) is 1. The molecule has 0 radical (unpaired) electrons. The number of aliphatic hydroxyl groups excluding tert-OH is 1. The molecule has 0 aliphatic carbocycles. The number of quaternary nitrogens is 1. The van der Waals surface area contributed by atoms with Gasteiger partial charge >= 0.3 is 0 Å². The Labute approximate surface area is 197 Å². The van der Waals surface area contributed by atoms with E-state index in [1.54, 1.807) is 0 Å². The SMILES string of the molecule is CCCCCCCCCCCCC=CCCOC[C@H](O)COP(=O)([O-])OCC[N+](C)(C)C. The van der Waals surface area contributed by atoms with Gasteiger partial charge < -0.3 is 28.3 Å². The van der Waals surface area contributed by atoms with Crippen molar-refractivity contribution in [3.05, 3.63) is 12.2 Å². The van der Waals surface area contributed by atoms with Gasteiger partial charge in [0.05, 0.1) is 41.0 Å². The van der Waals surface area contributed by atoms with Gasteiger partial charge in [0, 0.05) is 0 Å². The largest absolute Gasteiger partial charge is 0.756 e. The Bertz CT molecular complexity index is 495. The molecule has 0 fully saturated rings. The fourth-order valence-electron chi connectivity index (χ4n) is 3.05. The van der Waals surface area contributed by atoms with Gasteiger partial charge in [0.15, 0.2) is 0 Å². The molecule has 0 bridgehead atoms. The minimum Gasteiger partial charge on any atom is -0.756 e. The van der Waals surface area contributed by atoms with Crippen molar-refractivity contribution in [3.63, 3.8) is 0 Å². The minimum atomic E-state index is -4.40. The van der Waals surface area contributed by atoms with Gasteiger partial charge in [-0.2, -0.15) is 0 Å². The molecule has 7 nitrogen and oxygen atoms in total. The summed E-state index contributed by atoms with van der Waals surface area (Å²) in [5.41, 5.74) is 0. The number of allylic oxidation sites excluding steroid dienone is 1. The van der Waals surface area contributed by atoms with Crippen LogP contribution in [0.5, 0.6) is 0 Å². The zero-order valence-corrected chi connectivity index (χ0v) is 22.0. The number of hydrogen-bond acceptors (Lipinski definition) is 6. The molecular weight excluding hydrogens is 429 g/mol. The zero-order valence-electron chi connectivity index (χ0n) is 21.1. The molecule has 0 aromatic rings. The second kappa shape index (κ2) is 20.1. The van der Waals surface area contributed by atoms with Crippen LogP contribution < -0.4 is 4.89 Å². The Kier molecular flexibility index (Phi) is 20.0. The number of hydrogen-bond donors (Lipinski definition) is 1. The molecule has 1 unspecified atom stereocenters. The number of aliphatic hydroxyl groups is 1. The molecule has 0 aromatic heterocycles. The molecule has 32 heavy (non-hydrogen) atoms. The average Bonchev–Trinajstić information content (AvgIpc) is 2.71. The van der Waals surface area contributed by atoms with Gasteiger partial charge in [0.1, 0.15) is 19.3 Å². The highest BCUT2D eigenvalue weighted by Crippen LogP contribution is 2.38. The van der Waals surface area contributed by atoms with Gasteiger partial charge in [0.2, 0.25) is 0 Å². The first-order valence-electron chi connectivity index (χ1n) is 12.5. The van der Waals surface area contributed by atoms with Gasteiger partial charge in [-0.1, -0.05) is 76.9 Å². The fourth-order valence-corrected chi connectivity index (χ4v) is 3.78. The second-order valence-corrected chi connectivity index (χ2v) is 11.0. The summed E-state index contributed by atoms with van der Waals surface area (Å²) in [6, 6.07) is 0. The van der Waals surface area contributed by atoms with Crippen LogP contribution in [0.4, 0.5) is 0 Å². The van der Waals surface area contributed by atoms with Crippen LogP contribution in [0, 0.1) is 0 Å². The van der Waals surface area contributed by atoms with Crippen LogP contribution in [-0.4, -0.2) is 69.8 Å². The fraction of sp³-hybridized carbons (Fsp3) is 0.917. The Morgan fingerprint density at radius 1 is 0.844 bits per heavy atom. The lowest BCUT2D eigenvalue weighted by atomic mass is 10.1. The zero-order chi connectivity index (χ0) is 24.1.